The summed E-state index contributed by atoms with van der Waals surface area (Å²) in [6.45, 7) is 5.67. The second-order valence-corrected chi connectivity index (χ2v) is 5.52. The van der Waals surface area contributed by atoms with E-state index in [4.69, 9.17) is 9.72 Å². The summed E-state index contributed by atoms with van der Waals surface area (Å²) < 4.78 is 6.90. The van der Waals surface area contributed by atoms with Gasteiger partial charge in [0.2, 0.25) is 0 Å². The van der Waals surface area contributed by atoms with E-state index in [2.05, 4.69) is 10.2 Å². The Balaban J connectivity index is 1.99. The number of aromatic nitrogens is 2. The largest absolute Gasteiger partial charge is 0.383 e. The normalized spacial score (nSPS) is 16.2. The minimum atomic E-state index is 0.0211. The Bertz CT molecular complexity index is 692. The fourth-order valence-corrected chi connectivity index (χ4v) is 2.82. The Morgan fingerprint density at radius 2 is 2.05 bits per heavy atom. The van der Waals surface area contributed by atoms with Crippen LogP contribution in [0.2, 0.25) is 0 Å². The van der Waals surface area contributed by atoms with Crippen LogP contribution >= 0.6 is 0 Å². The van der Waals surface area contributed by atoms with Crippen molar-refractivity contribution in [1.82, 2.24) is 19.8 Å². The van der Waals surface area contributed by atoms with Gasteiger partial charge in [-0.15, -0.1) is 0 Å². The zero-order chi connectivity index (χ0) is 15.4. The van der Waals surface area contributed by atoms with Crippen LogP contribution < -0.4 is 10.9 Å². The molecule has 0 atom stereocenters. The molecular formula is C16H22N4O2. The van der Waals surface area contributed by atoms with Crippen LogP contribution in [-0.4, -0.2) is 54.3 Å². The van der Waals surface area contributed by atoms with Crippen LogP contribution in [0, 0.1) is 0 Å². The monoisotopic (exact) mass is 302 g/mol. The standard InChI is InChI=1S/C16H22N4O2/c1-22-11-10-20-15(12-19-8-6-17-7-9-19)18-14-5-3-2-4-13(14)16(20)21/h2-5,17H,6-12H2,1H3. The molecule has 0 bridgehead atoms. The highest BCUT2D eigenvalue weighted by Gasteiger charge is 2.15. The highest BCUT2D eigenvalue weighted by Crippen LogP contribution is 2.10. The predicted octanol–water partition coefficient (Wildman–Crippen LogP) is 0.448. The van der Waals surface area contributed by atoms with E-state index in [0.717, 1.165) is 37.5 Å². The minimum Gasteiger partial charge on any atom is -0.383 e. The smallest absolute Gasteiger partial charge is 0.261 e. The lowest BCUT2D eigenvalue weighted by Gasteiger charge is -2.27. The number of hydrogen-bond donors (Lipinski definition) is 1. The van der Waals surface area contributed by atoms with Crippen molar-refractivity contribution >= 4 is 10.9 Å². The number of piperazine rings is 1. The lowest BCUT2D eigenvalue weighted by molar-refractivity contribution is 0.180. The van der Waals surface area contributed by atoms with Crippen LogP contribution in [0.5, 0.6) is 0 Å². The van der Waals surface area contributed by atoms with E-state index in [9.17, 15) is 4.79 Å². The summed E-state index contributed by atoms with van der Waals surface area (Å²) in [5.41, 5.74) is 0.791. The summed E-state index contributed by atoms with van der Waals surface area (Å²) in [5.74, 6) is 0.822. The van der Waals surface area contributed by atoms with Gasteiger partial charge in [-0.25, -0.2) is 4.98 Å². The molecule has 1 aliphatic heterocycles. The molecule has 0 aliphatic carbocycles. The summed E-state index contributed by atoms with van der Waals surface area (Å²) >= 11 is 0. The van der Waals surface area contributed by atoms with Crippen LogP contribution in [0.15, 0.2) is 29.1 Å². The first-order valence-electron chi connectivity index (χ1n) is 7.70. The van der Waals surface area contributed by atoms with Gasteiger partial charge in [-0.05, 0) is 12.1 Å². The molecule has 1 aliphatic rings. The first kappa shape index (κ1) is 15.1. The quantitative estimate of drug-likeness (QED) is 0.869. The first-order chi connectivity index (χ1) is 10.8. The number of ether oxygens (including phenoxy) is 1. The molecule has 1 N–H and O–H groups in total. The van der Waals surface area contributed by atoms with Crippen LogP contribution in [0.3, 0.4) is 0 Å². The van der Waals surface area contributed by atoms with Crippen LogP contribution in [0.25, 0.3) is 10.9 Å². The van der Waals surface area contributed by atoms with Gasteiger partial charge in [0.15, 0.2) is 0 Å². The van der Waals surface area contributed by atoms with Crippen molar-refractivity contribution in [2.24, 2.45) is 0 Å². The van der Waals surface area contributed by atoms with Crippen molar-refractivity contribution in [2.75, 3.05) is 39.9 Å². The molecule has 1 fully saturated rings. The molecule has 2 heterocycles. The molecule has 0 amide bonds. The summed E-state index contributed by atoms with van der Waals surface area (Å²) in [6.07, 6.45) is 0. The van der Waals surface area contributed by atoms with Crippen LogP contribution in [0.4, 0.5) is 0 Å². The molecular weight excluding hydrogens is 280 g/mol. The molecule has 0 spiro atoms. The molecule has 2 aromatic rings. The molecule has 0 unspecified atom stereocenters. The van der Waals surface area contributed by atoms with E-state index in [1.165, 1.54) is 0 Å². The summed E-state index contributed by atoms with van der Waals surface area (Å²) in [6, 6.07) is 7.53. The molecule has 6 heteroatoms. The number of hydrogen-bond acceptors (Lipinski definition) is 5. The fourth-order valence-electron chi connectivity index (χ4n) is 2.82. The van der Waals surface area contributed by atoms with E-state index < -0.39 is 0 Å². The Hall–Kier alpha value is -1.76. The number of benzene rings is 1. The van der Waals surface area contributed by atoms with Crippen molar-refractivity contribution in [3.63, 3.8) is 0 Å². The lowest BCUT2D eigenvalue weighted by Crippen LogP contribution is -2.44. The molecule has 1 saturated heterocycles. The van der Waals surface area contributed by atoms with Gasteiger partial charge >= 0.3 is 0 Å². The fraction of sp³-hybridized carbons (Fsp3) is 0.500. The van der Waals surface area contributed by atoms with Gasteiger partial charge in [-0.1, -0.05) is 12.1 Å². The highest BCUT2D eigenvalue weighted by molar-refractivity contribution is 5.77. The zero-order valence-corrected chi connectivity index (χ0v) is 12.9. The van der Waals surface area contributed by atoms with Gasteiger partial charge in [0.05, 0.1) is 30.6 Å². The average molecular weight is 302 g/mol. The number of methoxy groups -OCH3 is 1. The third-order valence-electron chi connectivity index (χ3n) is 4.03. The molecule has 6 nitrogen and oxygen atoms in total. The van der Waals surface area contributed by atoms with Crippen molar-refractivity contribution in [1.29, 1.82) is 0 Å². The molecule has 3 rings (SSSR count). The summed E-state index contributed by atoms with van der Waals surface area (Å²) in [5, 5.41) is 4.01. The van der Waals surface area contributed by atoms with Crippen molar-refractivity contribution in [3.8, 4) is 0 Å². The van der Waals surface area contributed by atoms with E-state index in [1.54, 1.807) is 11.7 Å². The number of fused-ring (bicyclic) bond motifs is 1. The zero-order valence-electron chi connectivity index (χ0n) is 12.9. The van der Waals surface area contributed by atoms with Crippen LogP contribution in [0.1, 0.15) is 5.82 Å². The number of nitrogens with one attached hydrogen (secondary N) is 1. The molecule has 0 saturated carbocycles. The predicted molar refractivity (Wildman–Crippen MR) is 86.0 cm³/mol. The van der Waals surface area contributed by atoms with E-state index >= 15 is 0 Å². The molecule has 118 valence electrons. The maximum Gasteiger partial charge on any atom is 0.261 e. The van der Waals surface area contributed by atoms with Crippen LogP contribution in [-0.2, 0) is 17.8 Å². The van der Waals surface area contributed by atoms with Crippen molar-refractivity contribution in [3.05, 3.63) is 40.4 Å². The van der Waals surface area contributed by atoms with Crippen molar-refractivity contribution < 1.29 is 4.74 Å². The Labute approximate surface area is 129 Å². The average Bonchev–Trinajstić information content (AvgIpc) is 2.56. The van der Waals surface area contributed by atoms with Gasteiger partial charge in [0.25, 0.3) is 5.56 Å². The third-order valence-corrected chi connectivity index (χ3v) is 4.03. The Morgan fingerprint density at radius 3 is 2.82 bits per heavy atom. The lowest BCUT2D eigenvalue weighted by atomic mass is 10.2. The second-order valence-electron chi connectivity index (χ2n) is 5.52. The van der Waals surface area contributed by atoms with Gasteiger partial charge in [0.1, 0.15) is 5.82 Å². The first-order valence-corrected chi connectivity index (χ1v) is 7.70. The molecule has 1 aromatic heterocycles. The number of rotatable bonds is 5. The van der Waals surface area contributed by atoms with E-state index in [-0.39, 0.29) is 5.56 Å². The maximum absolute atomic E-state index is 12.7. The van der Waals surface area contributed by atoms with Crippen molar-refractivity contribution in [2.45, 2.75) is 13.1 Å². The Morgan fingerprint density at radius 1 is 1.27 bits per heavy atom. The number of para-hydroxylation sites is 1. The van der Waals surface area contributed by atoms with E-state index in [0.29, 0.717) is 25.1 Å². The second kappa shape index (κ2) is 7.00. The minimum absolute atomic E-state index is 0.0211. The summed E-state index contributed by atoms with van der Waals surface area (Å²) in [7, 11) is 1.65. The molecule has 0 radical (unpaired) electrons. The van der Waals surface area contributed by atoms with Gasteiger partial charge < -0.3 is 10.1 Å². The van der Waals surface area contributed by atoms with Gasteiger partial charge in [-0.2, -0.15) is 0 Å². The van der Waals surface area contributed by atoms with Gasteiger partial charge in [0, 0.05) is 33.3 Å². The SMILES string of the molecule is COCCn1c(CN2CCNCC2)nc2ccccc2c1=O. The third kappa shape index (κ3) is 3.19. The topological polar surface area (TPSA) is 59.4 Å². The van der Waals surface area contributed by atoms with E-state index in [1.807, 2.05) is 24.3 Å². The number of nitrogens with zero attached hydrogens (tertiary/aromatic N) is 3. The molecule has 22 heavy (non-hydrogen) atoms. The molecule has 1 aromatic carbocycles. The van der Waals surface area contributed by atoms with Gasteiger partial charge in [-0.3, -0.25) is 14.3 Å². The summed E-state index contributed by atoms with van der Waals surface area (Å²) in [4.78, 5) is 19.8. The maximum atomic E-state index is 12.7. The highest BCUT2D eigenvalue weighted by atomic mass is 16.5. The Kier molecular flexibility index (Phi) is 4.82.